The molecule has 0 aliphatic rings. The summed E-state index contributed by atoms with van der Waals surface area (Å²) in [5, 5.41) is 3.54. The molecule has 1 amide bonds. The molecule has 0 aliphatic heterocycles. The Kier molecular flexibility index (Phi) is 5.41. The number of amides is 1. The largest absolute Gasteiger partial charge is 0.349 e. The van der Waals surface area contributed by atoms with Gasteiger partial charge in [-0.1, -0.05) is 31.9 Å². The van der Waals surface area contributed by atoms with Gasteiger partial charge in [0, 0.05) is 15.8 Å². The molecule has 5 heteroatoms. The Hall–Kier alpha value is -0.420. The number of rotatable bonds is 4. The van der Waals surface area contributed by atoms with E-state index in [0.29, 0.717) is 4.47 Å². The zero-order chi connectivity index (χ0) is 12.1. The fourth-order valence-corrected chi connectivity index (χ4v) is 2.23. The van der Waals surface area contributed by atoms with Gasteiger partial charge in [-0.15, -0.1) is 0 Å². The van der Waals surface area contributed by atoms with Crippen molar-refractivity contribution in [3.8, 4) is 0 Å². The van der Waals surface area contributed by atoms with Gasteiger partial charge in [-0.05, 0) is 31.5 Å². The molecule has 0 aliphatic carbocycles. The number of alkyl halides is 1. The van der Waals surface area contributed by atoms with E-state index in [4.69, 9.17) is 0 Å². The summed E-state index contributed by atoms with van der Waals surface area (Å²) in [6.07, 6.45) is 0.809. The van der Waals surface area contributed by atoms with Crippen LogP contribution in [-0.2, 0) is 0 Å². The van der Waals surface area contributed by atoms with E-state index < -0.39 is 5.82 Å². The Morgan fingerprint density at radius 1 is 1.56 bits per heavy atom. The first-order chi connectivity index (χ1) is 7.54. The smallest absolute Gasteiger partial charge is 0.254 e. The van der Waals surface area contributed by atoms with Crippen molar-refractivity contribution in [3.05, 3.63) is 34.1 Å². The van der Waals surface area contributed by atoms with Crippen LogP contribution in [0.15, 0.2) is 22.7 Å². The Morgan fingerprint density at radius 3 is 2.81 bits per heavy atom. The molecule has 0 heterocycles. The molecule has 88 valence electrons. The molecule has 1 atom stereocenters. The Morgan fingerprint density at radius 2 is 2.25 bits per heavy atom. The highest BCUT2D eigenvalue weighted by atomic mass is 79.9. The van der Waals surface area contributed by atoms with Crippen LogP contribution in [0.1, 0.15) is 23.7 Å². The summed E-state index contributed by atoms with van der Waals surface area (Å²) in [7, 11) is 0. The molecule has 0 bridgehead atoms. The molecule has 1 unspecified atom stereocenters. The second-order valence-electron chi connectivity index (χ2n) is 3.48. The fourth-order valence-electron chi connectivity index (χ4n) is 1.21. The van der Waals surface area contributed by atoms with E-state index in [1.165, 1.54) is 12.1 Å². The van der Waals surface area contributed by atoms with Crippen LogP contribution in [-0.4, -0.2) is 17.3 Å². The highest BCUT2D eigenvalue weighted by Gasteiger charge is 2.13. The number of carbonyl (C=O) groups is 1. The molecule has 0 aromatic heterocycles. The average Bonchev–Trinajstić information content (AvgIpc) is 2.17. The van der Waals surface area contributed by atoms with Crippen LogP contribution in [0.3, 0.4) is 0 Å². The minimum Gasteiger partial charge on any atom is -0.349 e. The minimum atomic E-state index is -0.516. The maximum Gasteiger partial charge on any atom is 0.254 e. The van der Waals surface area contributed by atoms with E-state index in [0.717, 1.165) is 11.8 Å². The van der Waals surface area contributed by atoms with Gasteiger partial charge in [-0.25, -0.2) is 4.39 Å². The lowest BCUT2D eigenvalue weighted by molar-refractivity contribution is 0.0935. The maximum absolute atomic E-state index is 13.4. The van der Waals surface area contributed by atoms with Gasteiger partial charge in [0.1, 0.15) is 5.82 Å². The standard InChI is InChI=1S/C11H12Br2FNO/c1-7(4-5-12)15-11(16)9-3-2-8(13)6-10(9)14/h2-3,6-7H,4-5H2,1H3,(H,15,16). The second kappa shape index (κ2) is 6.35. The molecule has 1 aromatic carbocycles. The van der Waals surface area contributed by atoms with Gasteiger partial charge in [-0.2, -0.15) is 0 Å². The van der Waals surface area contributed by atoms with Crippen LogP contribution in [0.25, 0.3) is 0 Å². The van der Waals surface area contributed by atoms with Gasteiger partial charge in [-0.3, -0.25) is 4.79 Å². The van der Waals surface area contributed by atoms with Crippen LogP contribution in [0.2, 0.25) is 0 Å². The van der Waals surface area contributed by atoms with Crippen LogP contribution in [0.4, 0.5) is 4.39 Å². The normalized spacial score (nSPS) is 12.2. The van der Waals surface area contributed by atoms with Crippen molar-refractivity contribution in [2.45, 2.75) is 19.4 Å². The summed E-state index contributed by atoms with van der Waals surface area (Å²) in [6, 6.07) is 4.42. The molecule has 0 fully saturated rings. The maximum atomic E-state index is 13.4. The number of halogens is 3. The van der Waals surface area contributed by atoms with Crippen LogP contribution < -0.4 is 5.32 Å². The Bertz CT molecular complexity index is 384. The van der Waals surface area contributed by atoms with E-state index in [1.807, 2.05) is 6.92 Å². The summed E-state index contributed by atoms with van der Waals surface area (Å²) < 4.78 is 14.1. The third-order valence-corrected chi connectivity index (χ3v) is 3.05. The monoisotopic (exact) mass is 351 g/mol. The van der Waals surface area contributed by atoms with E-state index in [-0.39, 0.29) is 17.5 Å². The second-order valence-corrected chi connectivity index (χ2v) is 5.19. The van der Waals surface area contributed by atoms with E-state index in [1.54, 1.807) is 6.07 Å². The summed E-state index contributed by atoms with van der Waals surface area (Å²) >= 11 is 6.43. The predicted molar refractivity (Wildman–Crippen MR) is 69.4 cm³/mol. The van der Waals surface area contributed by atoms with Crippen molar-refractivity contribution >= 4 is 37.8 Å². The molecule has 2 nitrogen and oxygen atoms in total. The molecular weight excluding hydrogens is 341 g/mol. The van der Waals surface area contributed by atoms with Gasteiger partial charge in [0.15, 0.2) is 0 Å². The molecule has 1 aromatic rings. The van der Waals surface area contributed by atoms with Crippen molar-refractivity contribution in [2.75, 3.05) is 5.33 Å². The Labute approximate surface area is 111 Å². The van der Waals surface area contributed by atoms with Gasteiger partial charge in [0.05, 0.1) is 5.56 Å². The van der Waals surface area contributed by atoms with Crippen molar-refractivity contribution in [1.82, 2.24) is 5.32 Å². The van der Waals surface area contributed by atoms with Gasteiger partial charge in [0.25, 0.3) is 5.91 Å². The molecule has 0 radical (unpaired) electrons. The number of nitrogens with one attached hydrogen (secondary N) is 1. The number of hydrogen-bond donors (Lipinski definition) is 1. The quantitative estimate of drug-likeness (QED) is 0.825. The van der Waals surface area contributed by atoms with E-state index in [9.17, 15) is 9.18 Å². The zero-order valence-electron chi connectivity index (χ0n) is 8.77. The Balaban J connectivity index is 2.73. The molecule has 16 heavy (non-hydrogen) atoms. The highest BCUT2D eigenvalue weighted by Crippen LogP contribution is 2.15. The molecule has 1 N–H and O–H groups in total. The topological polar surface area (TPSA) is 29.1 Å². The van der Waals surface area contributed by atoms with Gasteiger partial charge in [0.2, 0.25) is 0 Å². The van der Waals surface area contributed by atoms with E-state index in [2.05, 4.69) is 37.2 Å². The molecule has 0 spiro atoms. The molecular formula is C11H12Br2FNO. The first-order valence-electron chi connectivity index (χ1n) is 4.86. The van der Waals surface area contributed by atoms with Crippen molar-refractivity contribution in [2.24, 2.45) is 0 Å². The lowest BCUT2D eigenvalue weighted by Crippen LogP contribution is -2.33. The highest BCUT2D eigenvalue weighted by molar-refractivity contribution is 9.10. The zero-order valence-corrected chi connectivity index (χ0v) is 11.9. The lowest BCUT2D eigenvalue weighted by atomic mass is 10.1. The first-order valence-corrected chi connectivity index (χ1v) is 6.78. The first kappa shape index (κ1) is 13.6. The van der Waals surface area contributed by atoms with Crippen molar-refractivity contribution < 1.29 is 9.18 Å². The predicted octanol–water partition coefficient (Wildman–Crippen LogP) is 3.49. The minimum absolute atomic E-state index is 0.0231. The summed E-state index contributed by atoms with van der Waals surface area (Å²) in [4.78, 5) is 11.7. The number of hydrogen-bond acceptors (Lipinski definition) is 1. The SMILES string of the molecule is CC(CCBr)NC(=O)c1ccc(Br)cc1F. The molecule has 0 saturated carbocycles. The van der Waals surface area contributed by atoms with E-state index >= 15 is 0 Å². The number of benzene rings is 1. The molecule has 1 rings (SSSR count). The third-order valence-electron chi connectivity index (χ3n) is 2.10. The number of carbonyl (C=O) groups excluding carboxylic acids is 1. The van der Waals surface area contributed by atoms with Crippen molar-refractivity contribution in [3.63, 3.8) is 0 Å². The summed E-state index contributed by atoms with van der Waals surface area (Å²) in [5.74, 6) is -0.892. The summed E-state index contributed by atoms with van der Waals surface area (Å²) in [5.41, 5.74) is 0.0737. The van der Waals surface area contributed by atoms with Gasteiger partial charge >= 0.3 is 0 Å². The van der Waals surface area contributed by atoms with Crippen LogP contribution >= 0.6 is 31.9 Å². The third kappa shape index (κ3) is 3.87. The van der Waals surface area contributed by atoms with Crippen LogP contribution in [0.5, 0.6) is 0 Å². The van der Waals surface area contributed by atoms with Crippen LogP contribution in [0, 0.1) is 5.82 Å². The van der Waals surface area contributed by atoms with Gasteiger partial charge < -0.3 is 5.32 Å². The molecule has 0 saturated heterocycles. The average molecular weight is 353 g/mol. The summed E-state index contributed by atoms with van der Waals surface area (Å²) in [6.45, 7) is 1.88. The fraction of sp³-hybridized carbons (Fsp3) is 0.364. The lowest BCUT2D eigenvalue weighted by Gasteiger charge is -2.12. The van der Waals surface area contributed by atoms with Crippen molar-refractivity contribution in [1.29, 1.82) is 0 Å².